The quantitative estimate of drug-likeness (QED) is 0.480. The minimum absolute atomic E-state index is 0.0608. The summed E-state index contributed by atoms with van der Waals surface area (Å²) in [6.45, 7) is 3.42. The minimum atomic E-state index is -4.95. The van der Waals surface area contributed by atoms with Crippen LogP contribution < -0.4 is 10.2 Å². The molecule has 0 unspecified atom stereocenters. The molecule has 1 N–H and O–H groups in total. The summed E-state index contributed by atoms with van der Waals surface area (Å²) < 4.78 is 82.1. The highest BCUT2D eigenvalue weighted by molar-refractivity contribution is 5.92. The Hall–Kier alpha value is -3.93. The first-order chi connectivity index (χ1) is 16.9. The van der Waals surface area contributed by atoms with Crippen LogP contribution in [0.25, 0.3) is 0 Å². The number of rotatable bonds is 4. The summed E-state index contributed by atoms with van der Waals surface area (Å²) >= 11 is 0. The summed E-state index contributed by atoms with van der Waals surface area (Å²) in [5, 5.41) is 12.3. The van der Waals surface area contributed by atoms with E-state index in [1.54, 1.807) is 4.90 Å². The van der Waals surface area contributed by atoms with E-state index in [0.717, 1.165) is 12.3 Å². The SMILES string of the molecule is CCOC(=O)c1cc(C#N)c(N2CCNCC2)nc1C(F)(F)F.O=C(OC(F)(F)F)c1cccnc1. The first kappa shape index (κ1) is 28.3. The van der Waals surface area contributed by atoms with Gasteiger partial charge < -0.3 is 19.7 Å². The Morgan fingerprint density at radius 1 is 1.17 bits per heavy atom. The summed E-state index contributed by atoms with van der Waals surface area (Å²) in [6.07, 6.45) is -7.44. The van der Waals surface area contributed by atoms with E-state index >= 15 is 0 Å². The number of carbonyl (C=O) groups excluding carboxylic acids is 2. The first-order valence-corrected chi connectivity index (χ1v) is 10.2. The maximum atomic E-state index is 13.2. The lowest BCUT2D eigenvalue weighted by Gasteiger charge is -2.29. The molecule has 1 aliphatic rings. The number of nitrogens with one attached hydrogen (secondary N) is 1. The van der Waals surface area contributed by atoms with Crippen LogP contribution in [0.3, 0.4) is 0 Å². The van der Waals surface area contributed by atoms with Crippen molar-refractivity contribution in [2.45, 2.75) is 19.5 Å². The molecule has 194 valence electrons. The summed E-state index contributed by atoms with van der Waals surface area (Å²) in [4.78, 5) is 31.1. The molecule has 0 aromatic carbocycles. The number of alkyl halides is 6. The van der Waals surface area contributed by atoms with Crippen molar-refractivity contribution in [1.29, 1.82) is 5.26 Å². The highest BCUT2D eigenvalue weighted by Crippen LogP contribution is 2.34. The number of hydrogen-bond acceptors (Lipinski definition) is 9. The van der Waals surface area contributed by atoms with Crippen LogP contribution in [0.2, 0.25) is 0 Å². The van der Waals surface area contributed by atoms with Gasteiger partial charge in [-0.3, -0.25) is 4.98 Å². The Bertz CT molecular complexity index is 1100. The first-order valence-electron chi connectivity index (χ1n) is 10.2. The Labute approximate surface area is 200 Å². The number of hydrogen-bond donors (Lipinski definition) is 1. The second kappa shape index (κ2) is 12.2. The molecule has 0 radical (unpaired) electrons. The molecule has 2 aromatic rings. The lowest BCUT2D eigenvalue weighted by molar-refractivity contribution is -0.291. The number of esters is 2. The molecule has 9 nitrogen and oxygen atoms in total. The third kappa shape index (κ3) is 8.08. The van der Waals surface area contributed by atoms with Gasteiger partial charge in [-0.25, -0.2) is 14.6 Å². The van der Waals surface area contributed by atoms with Crippen molar-refractivity contribution in [3.63, 3.8) is 0 Å². The number of aromatic nitrogens is 2. The molecule has 0 bridgehead atoms. The highest BCUT2D eigenvalue weighted by atomic mass is 19.4. The third-order valence-corrected chi connectivity index (χ3v) is 4.41. The second-order valence-corrected chi connectivity index (χ2v) is 6.90. The Kier molecular flexibility index (Phi) is 9.56. The zero-order valence-electron chi connectivity index (χ0n) is 18.6. The Balaban J connectivity index is 0.000000297. The van der Waals surface area contributed by atoms with Gasteiger partial charge in [-0.2, -0.15) is 18.4 Å². The zero-order chi connectivity index (χ0) is 26.9. The summed E-state index contributed by atoms with van der Waals surface area (Å²) in [5.41, 5.74) is -2.39. The van der Waals surface area contributed by atoms with E-state index < -0.39 is 35.7 Å². The number of ether oxygens (including phenoxy) is 2. The van der Waals surface area contributed by atoms with Crippen molar-refractivity contribution in [3.05, 3.63) is 53.0 Å². The molecule has 15 heteroatoms. The van der Waals surface area contributed by atoms with E-state index in [1.807, 2.05) is 6.07 Å². The van der Waals surface area contributed by atoms with Crippen LogP contribution in [-0.2, 0) is 15.7 Å². The van der Waals surface area contributed by atoms with Gasteiger partial charge in [0.05, 0.1) is 23.3 Å². The van der Waals surface area contributed by atoms with Gasteiger partial charge in [0.25, 0.3) is 0 Å². The van der Waals surface area contributed by atoms with E-state index in [4.69, 9.17) is 0 Å². The van der Waals surface area contributed by atoms with Gasteiger partial charge in [0.1, 0.15) is 11.9 Å². The highest BCUT2D eigenvalue weighted by Gasteiger charge is 2.39. The molecule has 0 amide bonds. The van der Waals surface area contributed by atoms with Gasteiger partial charge in [-0.1, -0.05) is 0 Å². The van der Waals surface area contributed by atoms with E-state index in [0.29, 0.717) is 26.2 Å². The average molecular weight is 519 g/mol. The summed E-state index contributed by atoms with van der Waals surface area (Å²) in [6, 6.07) is 5.24. The number of nitriles is 1. The topological polar surface area (TPSA) is 117 Å². The monoisotopic (exact) mass is 519 g/mol. The maximum absolute atomic E-state index is 13.2. The number of halogens is 6. The smallest absolute Gasteiger partial charge is 0.462 e. The fraction of sp³-hybridized carbons (Fsp3) is 0.381. The van der Waals surface area contributed by atoms with Crippen LogP contribution in [0.4, 0.5) is 32.2 Å². The maximum Gasteiger partial charge on any atom is 0.575 e. The number of nitrogens with zero attached hydrogens (tertiary/aromatic N) is 4. The lowest BCUT2D eigenvalue weighted by Crippen LogP contribution is -2.44. The van der Waals surface area contributed by atoms with Crippen LogP contribution in [0.5, 0.6) is 0 Å². The number of pyridine rings is 2. The van der Waals surface area contributed by atoms with E-state index in [9.17, 15) is 41.2 Å². The average Bonchev–Trinajstić information content (AvgIpc) is 2.83. The third-order valence-electron chi connectivity index (χ3n) is 4.41. The molecule has 0 aliphatic carbocycles. The molecular formula is C21H19F6N5O4. The van der Waals surface area contributed by atoms with Gasteiger partial charge in [0, 0.05) is 38.6 Å². The molecule has 0 saturated carbocycles. The molecule has 3 rings (SSSR count). The fourth-order valence-corrected chi connectivity index (χ4v) is 2.93. The van der Waals surface area contributed by atoms with Gasteiger partial charge in [0.2, 0.25) is 0 Å². The number of carbonyl (C=O) groups is 2. The molecule has 0 spiro atoms. The van der Waals surface area contributed by atoms with Gasteiger partial charge >= 0.3 is 24.5 Å². The van der Waals surface area contributed by atoms with E-state index in [-0.39, 0.29) is 23.6 Å². The van der Waals surface area contributed by atoms with Gasteiger partial charge in [-0.05, 0) is 25.1 Å². The molecule has 3 heterocycles. The van der Waals surface area contributed by atoms with Crippen LogP contribution in [0.1, 0.15) is 38.9 Å². The molecule has 2 aromatic heterocycles. The van der Waals surface area contributed by atoms with E-state index in [1.165, 1.54) is 25.3 Å². The van der Waals surface area contributed by atoms with Crippen molar-refractivity contribution >= 4 is 17.8 Å². The zero-order valence-corrected chi connectivity index (χ0v) is 18.6. The van der Waals surface area contributed by atoms with Gasteiger partial charge in [-0.15, -0.1) is 13.2 Å². The van der Waals surface area contributed by atoms with Crippen LogP contribution in [0, 0.1) is 11.3 Å². The lowest BCUT2D eigenvalue weighted by atomic mass is 10.1. The van der Waals surface area contributed by atoms with Gasteiger partial charge in [0.15, 0.2) is 5.69 Å². The standard InChI is InChI=1S/C14H15F3N4O2.C7H4F3NO2/c1-2-23-13(22)10-7-9(8-18)12(20-11(10)14(15,16)17)21-5-3-19-4-6-21;8-7(9,10)13-6(12)5-2-1-3-11-4-5/h7,19H,2-6H2,1H3;1-4H. The normalized spacial score (nSPS) is 13.7. The predicted octanol–water partition coefficient (Wildman–Crippen LogP) is 3.32. The largest absolute Gasteiger partial charge is 0.575 e. The molecule has 1 fully saturated rings. The molecule has 1 aliphatic heterocycles. The van der Waals surface area contributed by atoms with Crippen LogP contribution in [0.15, 0.2) is 30.6 Å². The van der Waals surface area contributed by atoms with Crippen molar-refractivity contribution in [3.8, 4) is 6.07 Å². The predicted molar refractivity (Wildman–Crippen MR) is 111 cm³/mol. The van der Waals surface area contributed by atoms with Crippen molar-refractivity contribution in [2.75, 3.05) is 37.7 Å². The van der Waals surface area contributed by atoms with Crippen molar-refractivity contribution in [1.82, 2.24) is 15.3 Å². The molecule has 36 heavy (non-hydrogen) atoms. The number of piperazine rings is 1. The number of anilines is 1. The minimum Gasteiger partial charge on any atom is -0.462 e. The Morgan fingerprint density at radius 3 is 2.33 bits per heavy atom. The summed E-state index contributed by atoms with van der Waals surface area (Å²) in [5.74, 6) is -2.66. The van der Waals surface area contributed by atoms with Crippen molar-refractivity contribution in [2.24, 2.45) is 0 Å². The molecular weight excluding hydrogens is 500 g/mol. The van der Waals surface area contributed by atoms with E-state index in [2.05, 4.69) is 24.8 Å². The Morgan fingerprint density at radius 2 is 1.83 bits per heavy atom. The fourth-order valence-electron chi connectivity index (χ4n) is 2.93. The molecule has 1 saturated heterocycles. The van der Waals surface area contributed by atoms with Crippen LogP contribution >= 0.6 is 0 Å². The van der Waals surface area contributed by atoms with Crippen molar-refractivity contribution < 1.29 is 45.4 Å². The van der Waals surface area contributed by atoms with Crippen LogP contribution in [-0.4, -0.2) is 61.1 Å². The molecule has 0 atom stereocenters. The second-order valence-electron chi connectivity index (χ2n) is 6.90. The summed E-state index contributed by atoms with van der Waals surface area (Å²) in [7, 11) is 0.